The van der Waals surface area contributed by atoms with E-state index in [1.54, 1.807) is 7.11 Å². The first-order chi connectivity index (χ1) is 9.20. The molecule has 0 aliphatic heterocycles. The quantitative estimate of drug-likeness (QED) is 0.836. The third-order valence-corrected chi connectivity index (χ3v) is 3.24. The summed E-state index contributed by atoms with van der Waals surface area (Å²) in [6.45, 7) is 0.955. The van der Waals surface area contributed by atoms with Crippen LogP contribution < -0.4 is 15.4 Å². The molecule has 2 aromatic carbocycles. The number of rotatable bonds is 5. The van der Waals surface area contributed by atoms with Gasteiger partial charge >= 0.3 is 0 Å². The average Bonchev–Trinajstić information content (AvgIpc) is 2.46. The zero-order valence-corrected chi connectivity index (χ0v) is 11.5. The normalized spacial score (nSPS) is 10.2. The molecule has 3 nitrogen and oxygen atoms in total. The largest absolute Gasteiger partial charge is 0.495 e. The highest BCUT2D eigenvalue weighted by atomic mass is 16.5. The molecule has 0 aliphatic carbocycles. The van der Waals surface area contributed by atoms with Crippen LogP contribution in [0, 0.1) is 0 Å². The lowest BCUT2D eigenvalue weighted by atomic mass is 10.1. The molecule has 0 aliphatic rings. The van der Waals surface area contributed by atoms with Crippen LogP contribution in [0.25, 0.3) is 0 Å². The number of nitrogen functional groups attached to an aromatic ring is 1. The van der Waals surface area contributed by atoms with E-state index in [1.165, 1.54) is 5.56 Å². The molecule has 3 heteroatoms. The number of hydrogen-bond acceptors (Lipinski definition) is 3. The van der Waals surface area contributed by atoms with E-state index in [4.69, 9.17) is 10.5 Å². The predicted octanol–water partition coefficient (Wildman–Crippen LogP) is 2.96. The number of likely N-dealkylation sites (N-methyl/N-ethyl adjacent to an activating group) is 1. The molecule has 0 saturated carbocycles. The van der Waals surface area contributed by atoms with Crippen molar-refractivity contribution >= 4 is 11.4 Å². The van der Waals surface area contributed by atoms with Crippen molar-refractivity contribution in [2.75, 3.05) is 31.3 Å². The number of nitrogens with zero attached hydrogens (tertiary/aromatic N) is 1. The standard InChI is InChI=1S/C16H20N2O/c1-18(11-10-13-6-4-3-5-7-13)14-8-9-15(17)16(12-14)19-2/h3-9,12H,10-11,17H2,1-2H3. The number of nitrogens with two attached hydrogens (primary N) is 1. The van der Waals surface area contributed by atoms with Crippen molar-refractivity contribution in [1.29, 1.82) is 0 Å². The Kier molecular flexibility index (Phi) is 4.29. The Bertz CT molecular complexity index is 526. The summed E-state index contributed by atoms with van der Waals surface area (Å²) in [5.74, 6) is 0.726. The van der Waals surface area contributed by atoms with Gasteiger partial charge in [0.2, 0.25) is 0 Å². The molecule has 0 unspecified atom stereocenters. The van der Waals surface area contributed by atoms with E-state index in [2.05, 4.69) is 36.2 Å². The van der Waals surface area contributed by atoms with Gasteiger partial charge in [-0.2, -0.15) is 0 Å². The molecule has 0 radical (unpaired) electrons. The molecule has 19 heavy (non-hydrogen) atoms. The lowest BCUT2D eigenvalue weighted by Gasteiger charge is -2.20. The van der Waals surface area contributed by atoms with E-state index in [-0.39, 0.29) is 0 Å². The smallest absolute Gasteiger partial charge is 0.143 e. The number of hydrogen-bond donors (Lipinski definition) is 1. The van der Waals surface area contributed by atoms with Crippen LogP contribution >= 0.6 is 0 Å². The Hall–Kier alpha value is -2.16. The summed E-state index contributed by atoms with van der Waals surface area (Å²) >= 11 is 0. The second kappa shape index (κ2) is 6.14. The SMILES string of the molecule is COc1cc(N(C)CCc2ccccc2)ccc1N. The monoisotopic (exact) mass is 256 g/mol. The van der Waals surface area contributed by atoms with Crippen LogP contribution in [0.4, 0.5) is 11.4 Å². The second-order valence-corrected chi connectivity index (χ2v) is 4.58. The Morgan fingerprint density at radius 2 is 1.84 bits per heavy atom. The fourth-order valence-corrected chi connectivity index (χ4v) is 2.01. The minimum absolute atomic E-state index is 0.669. The van der Waals surface area contributed by atoms with Crippen LogP contribution in [0.15, 0.2) is 48.5 Å². The van der Waals surface area contributed by atoms with Gasteiger partial charge in [0, 0.05) is 25.3 Å². The zero-order chi connectivity index (χ0) is 13.7. The molecule has 2 N–H and O–H groups in total. The summed E-state index contributed by atoms with van der Waals surface area (Å²) < 4.78 is 5.25. The van der Waals surface area contributed by atoms with Crippen molar-refractivity contribution in [1.82, 2.24) is 0 Å². The molecular formula is C16H20N2O. The van der Waals surface area contributed by atoms with E-state index < -0.39 is 0 Å². The summed E-state index contributed by atoms with van der Waals surface area (Å²) in [7, 11) is 3.72. The van der Waals surface area contributed by atoms with Gasteiger partial charge < -0.3 is 15.4 Å². The van der Waals surface area contributed by atoms with Crippen LogP contribution in [0.5, 0.6) is 5.75 Å². The maximum atomic E-state index is 5.82. The fourth-order valence-electron chi connectivity index (χ4n) is 2.01. The Morgan fingerprint density at radius 3 is 2.53 bits per heavy atom. The number of benzene rings is 2. The minimum atomic E-state index is 0.669. The van der Waals surface area contributed by atoms with Gasteiger partial charge in [0.15, 0.2) is 0 Å². The van der Waals surface area contributed by atoms with E-state index in [0.717, 1.165) is 24.4 Å². The molecule has 0 heterocycles. The average molecular weight is 256 g/mol. The lowest BCUT2D eigenvalue weighted by Crippen LogP contribution is -2.20. The zero-order valence-electron chi connectivity index (χ0n) is 11.5. The Labute approximate surface area is 114 Å². The van der Waals surface area contributed by atoms with Gasteiger partial charge in [-0.3, -0.25) is 0 Å². The first kappa shape index (κ1) is 13.3. The summed E-state index contributed by atoms with van der Waals surface area (Å²) in [5.41, 5.74) is 8.95. The highest BCUT2D eigenvalue weighted by Gasteiger charge is 2.05. The van der Waals surface area contributed by atoms with Crippen molar-refractivity contribution in [2.24, 2.45) is 0 Å². The number of anilines is 2. The van der Waals surface area contributed by atoms with E-state index in [0.29, 0.717) is 5.69 Å². The molecule has 0 fully saturated rings. The third-order valence-electron chi connectivity index (χ3n) is 3.24. The predicted molar refractivity (Wildman–Crippen MR) is 80.8 cm³/mol. The van der Waals surface area contributed by atoms with Gasteiger partial charge in [0.25, 0.3) is 0 Å². The first-order valence-corrected chi connectivity index (χ1v) is 6.39. The molecule has 2 aromatic rings. The summed E-state index contributed by atoms with van der Waals surface area (Å²) in [6.07, 6.45) is 1.02. The second-order valence-electron chi connectivity index (χ2n) is 4.58. The molecule has 0 spiro atoms. The Balaban J connectivity index is 2.02. The minimum Gasteiger partial charge on any atom is -0.495 e. The summed E-state index contributed by atoms with van der Waals surface area (Å²) in [4.78, 5) is 2.20. The highest BCUT2D eigenvalue weighted by molar-refractivity contribution is 5.62. The lowest BCUT2D eigenvalue weighted by molar-refractivity contribution is 0.417. The Morgan fingerprint density at radius 1 is 1.11 bits per heavy atom. The van der Waals surface area contributed by atoms with Crippen molar-refractivity contribution in [3.63, 3.8) is 0 Å². The molecule has 0 atom stereocenters. The topological polar surface area (TPSA) is 38.5 Å². The maximum Gasteiger partial charge on any atom is 0.143 e. The highest BCUT2D eigenvalue weighted by Crippen LogP contribution is 2.26. The van der Waals surface area contributed by atoms with E-state index in [9.17, 15) is 0 Å². The number of ether oxygens (including phenoxy) is 1. The fraction of sp³-hybridized carbons (Fsp3) is 0.250. The van der Waals surface area contributed by atoms with Crippen LogP contribution in [0.2, 0.25) is 0 Å². The molecule has 0 aromatic heterocycles. The van der Waals surface area contributed by atoms with E-state index in [1.807, 2.05) is 24.3 Å². The molecule has 0 saturated heterocycles. The third kappa shape index (κ3) is 3.41. The molecule has 0 bridgehead atoms. The van der Waals surface area contributed by atoms with Gasteiger partial charge in [-0.15, -0.1) is 0 Å². The molecule has 100 valence electrons. The van der Waals surface area contributed by atoms with Crippen molar-refractivity contribution < 1.29 is 4.74 Å². The van der Waals surface area contributed by atoms with Crippen molar-refractivity contribution in [3.8, 4) is 5.75 Å². The number of methoxy groups -OCH3 is 1. The van der Waals surface area contributed by atoms with Crippen molar-refractivity contribution in [3.05, 3.63) is 54.1 Å². The maximum absolute atomic E-state index is 5.82. The van der Waals surface area contributed by atoms with Crippen LogP contribution in [0.1, 0.15) is 5.56 Å². The van der Waals surface area contributed by atoms with Crippen LogP contribution in [0.3, 0.4) is 0 Å². The van der Waals surface area contributed by atoms with Gasteiger partial charge in [-0.1, -0.05) is 30.3 Å². The van der Waals surface area contributed by atoms with Gasteiger partial charge in [0.1, 0.15) is 5.75 Å². The molecule has 2 rings (SSSR count). The first-order valence-electron chi connectivity index (χ1n) is 6.39. The summed E-state index contributed by atoms with van der Waals surface area (Å²) in [5, 5.41) is 0. The van der Waals surface area contributed by atoms with Crippen molar-refractivity contribution in [2.45, 2.75) is 6.42 Å². The van der Waals surface area contributed by atoms with Crippen LogP contribution in [-0.2, 0) is 6.42 Å². The van der Waals surface area contributed by atoms with Gasteiger partial charge in [-0.25, -0.2) is 0 Å². The summed E-state index contributed by atoms with van der Waals surface area (Å²) in [6, 6.07) is 16.4. The molecular weight excluding hydrogens is 236 g/mol. The van der Waals surface area contributed by atoms with Gasteiger partial charge in [0.05, 0.1) is 12.8 Å². The van der Waals surface area contributed by atoms with E-state index >= 15 is 0 Å². The molecule has 0 amide bonds. The van der Waals surface area contributed by atoms with Gasteiger partial charge in [-0.05, 0) is 24.1 Å². The van der Waals surface area contributed by atoms with Crippen LogP contribution in [-0.4, -0.2) is 20.7 Å².